The van der Waals surface area contributed by atoms with Gasteiger partial charge in [-0.3, -0.25) is 4.66 Å². The molecule has 0 aliphatic carbocycles. The van der Waals surface area contributed by atoms with Crippen LogP contribution < -0.4 is 0 Å². The number of halogens is 1. The van der Waals surface area contributed by atoms with Gasteiger partial charge in [0.15, 0.2) is 0 Å². The second kappa shape index (κ2) is 147. The average Bonchev–Trinajstić information content (AvgIpc) is 1.00. The minimum atomic E-state index is 0. The van der Waals surface area contributed by atoms with Crippen molar-refractivity contribution in [2.45, 2.75) is 0 Å². The van der Waals surface area contributed by atoms with Gasteiger partial charge in [0.1, 0.15) is 0 Å². The Morgan fingerprint density at radius 2 is 0.833 bits per heavy atom. The van der Waals surface area contributed by atoms with Crippen LogP contribution in [0.5, 0.6) is 0 Å². The van der Waals surface area contributed by atoms with Gasteiger partial charge in [-0.1, -0.05) is 0 Å². The molecule has 6 heteroatoms. The molecule has 6 heavy (non-hydrogen) atoms. The predicted molar refractivity (Wildman–Crippen MR) is 18.9 cm³/mol. The first-order valence-electron chi connectivity index (χ1n) is 0.169. The maximum atomic E-state index is 6.47. The third-order valence-electron chi connectivity index (χ3n) is 0. The predicted octanol–water partition coefficient (Wildman–Crippen LogP) is -2.34. The second-order valence-electron chi connectivity index (χ2n) is 0. The fourth-order valence-corrected chi connectivity index (χ4v) is 0. The summed E-state index contributed by atoms with van der Waals surface area (Å²) < 4.78 is 6.47. The maximum absolute atomic E-state index is 6.47. The summed E-state index contributed by atoms with van der Waals surface area (Å²) in [5.74, 6) is 0. The molecular formula is H7ClO4Zr+2. The molecule has 0 radical (unpaired) electrons. The third kappa shape index (κ3) is 78.7. The Kier molecular flexibility index (Phi) is 1540. The van der Waals surface area contributed by atoms with Gasteiger partial charge in [-0.25, -0.2) is 0 Å². The fourth-order valence-electron chi connectivity index (χ4n) is 0. The van der Waals surface area contributed by atoms with Crippen molar-refractivity contribution in [2.24, 2.45) is 0 Å². The largest absolute Gasteiger partial charge is 2.00 e. The van der Waals surface area contributed by atoms with Gasteiger partial charge in [0.2, 0.25) is 0 Å². The van der Waals surface area contributed by atoms with Gasteiger partial charge in [-0.2, -0.15) is 0 Å². The van der Waals surface area contributed by atoms with Crippen LogP contribution >= 0.6 is 11.9 Å². The molecule has 0 aliphatic rings. The van der Waals surface area contributed by atoms with Crippen molar-refractivity contribution in [3.05, 3.63) is 0 Å². The molecule has 0 aromatic heterocycles. The minimum Gasteiger partial charge on any atom is -0.412 e. The van der Waals surface area contributed by atoms with Crippen LogP contribution in [-0.4, -0.2) is 21.1 Å². The van der Waals surface area contributed by atoms with Crippen LogP contribution in [0.4, 0.5) is 0 Å². The summed E-state index contributed by atoms with van der Waals surface area (Å²) >= 11 is 3.64. The van der Waals surface area contributed by atoms with Gasteiger partial charge in [0.05, 0.1) is 11.9 Å². The van der Waals surface area contributed by atoms with E-state index in [-0.39, 0.29) is 42.6 Å². The molecule has 7 N–H and O–H groups in total. The molecule has 0 saturated carbocycles. The molecule has 0 aromatic rings. The molecule has 0 rings (SSSR count). The van der Waals surface area contributed by atoms with E-state index < -0.39 is 0 Å². The van der Waals surface area contributed by atoms with Gasteiger partial charge in [0.25, 0.3) is 0 Å². The molecular weight excluding hydrogens is 191 g/mol. The molecule has 0 bridgehead atoms. The molecule has 0 spiro atoms. The van der Waals surface area contributed by atoms with E-state index in [4.69, 9.17) is 4.66 Å². The maximum Gasteiger partial charge on any atom is 2.00 e. The van der Waals surface area contributed by atoms with Gasteiger partial charge in [0, 0.05) is 0 Å². The van der Waals surface area contributed by atoms with E-state index in [0.717, 1.165) is 0 Å². The molecule has 40 valence electrons. The summed E-state index contributed by atoms with van der Waals surface area (Å²) in [6.45, 7) is 0. The smallest absolute Gasteiger partial charge is 0.412 e. The molecule has 0 unspecified atom stereocenters. The quantitative estimate of drug-likeness (QED) is 0.461. The summed E-state index contributed by atoms with van der Waals surface area (Å²) in [6.07, 6.45) is 0. The Bertz CT molecular complexity index is 7.51. The normalized spacial score (nSPS) is 1.00. The molecule has 0 amide bonds. The first-order chi connectivity index (χ1) is 1.00. The van der Waals surface area contributed by atoms with E-state index >= 15 is 0 Å². The van der Waals surface area contributed by atoms with E-state index in [1.165, 1.54) is 0 Å². The number of hydrogen-bond acceptors (Lipinski definition) is 1. The van der Waals surface area contributed by atoms with Crippen LogP contribution in [0.3, 0.4) is 0 Å². The van der Waals surface area contributed by atoms with E-state index in [1.807, 2.05) is 0 Å². The van der Waals surface area contributed by atoms with Crippen molar-refractivity contribution >= 4 is 11.9 Å². The van der Waals surface area contributed by atoms with Gasteiger partial charge in [-0.15, -0.1) is 0 Å². The third-order valence-corrected chi connectivity index (χ3v) is 0. The van der Waals surface area contributed by atoms with Gasteiger partial charge in [-0.05, 0) is 0 Å². The molecule has 4 nitrogen and oxygen atoms in total. The molecule has 0 aromatic carbocycles. The standard InChI is InChI=1S/ClHO.3H2O.Zr/c1-2;;;;/h2H;3*1H2;/q;;;;+2. The number of rotatable bonds is 0. The molecule has 0 heterocycles. The fraction of sp³-hybridized carbons (Fsp3) is 0. The Labute approximate surface area is 59.3 Å². The summed E-state index contributed by atoms with van der Waals surface area (Å²) in [5.41, 5.74) is 0. The topological polar surface area (TPSA) is 115 Å². The minimum absolute atomic E-state index is 0. The van der Waals surface area contributed by atoms with Crippen molar-refractivity contribution in [3.63, 3.8) is 0 Å². The summed E-state index contributed by atoms with van der Waals surface area (Å²) in [7, 11) is 0. The average molecular weight is 198 g/mol. The van der Waals surface area contributed by atoms with E-state index in [9.17, 15) is 0 Å². The van der Waals surface area contributed by atoms with Crippen LogP contribution in [0.25, 0.3) is 0 Å². The first kappa shape index (κ1) is 62.6. The van der Waals surface area contributed by atoms with Crippen LogP contribution in [0.1, 0.15) is 0 Å². The van der Waals surface area contributed by atoms with Crippen LogP contribution in [0, 0.1) is 0 Å². The SMILES string of the molecule is O.O.O.OCl.[Zr+2]. The Morgan fingerprint density at radius 3 is 0.833 bits per heavy atom. The second-order valence-corrected chi connectivity index (χ2v) is 0. The zero-order valence-corrected chi connectivity index (χ0v) is 6.04. The monoisotopic (exact) mass is 196 g/mol. The molecule has 0 atom stereocenters. The van der Waals surface area contributed by atoms with Crippen molar-refractivity contribution in [2.75, 3.05) is 0 Å². The van der Waals surface area contributed by atoms with E-state index in [0.29, 0.717) is 0 Å². The van der Waals surface area contributed by atoms with Crippen LogP contribution in [0.15, 0.2) is 0 Å². The van der Waals surface area contributed by atoms with Crippen LogP contribution in [0.2, 0.25) is 0 Å². The van der Waals surface area contributed by atoms with Crippen molar-refractivity contribution in [1.29, 1.82) is 0 Å². The van der Waals surface area contributed by atoms with Crippen molar-refractivity contribution in [1.82, 2.24) is 0 Å². The molecule has 0 aliphatic heterocycles. The van der Waals surface area contributed by atoms with Gasteiger partial charge < -0.3 is 16.4 Å². The van der Waals surface area contributed by atoms with E-state index in [2.05, 4.69) is 11.9 Å². The summed E-state index contributed by atoms with van der Waals surface area (Å²) in [4.78, 5) is 0. The Hall–Kier alpha value is 1.01. The Balaban J connectivity index is -0.000000000833. The van der Waals surface area contributed by atoms with Crippen molar-refractivity contribution in [3.8, 4) is 0 Å². The molecule has 0 saturated heterocycles. The zero-order valence-electron chi connectivity index (χ0n) is 2.83. The van der Waals surface area contributed by atoms with E-state index in [1.54, 1.807) is 0 Å². The van der Waals surface area contributed by atoms with Crippen LogP contribution in [-0.2, 0) is 26.2 Å². The number of hydrogen-bond donors (Lipinski definition) is 1. The summed E-state index contributed by atoms with van der Waals surface area (Å²) in [6, 6.07) is 0. The summed E-state index contributed by atoms with van der Waals surface area (Å²) in [5, 5.41) is 0. The van der Waals surface area contributed by atoms with Gasteiger partial charge >= 0.3 is 26.2 Å². The zero-order chi connectivity index (χ0) is 2.00. The van der Waals surface area contributed by atoms with Crippen molar-refractivity contribution < 1.29 is 47.3 Å². The Morgan fingerprint density at radius 1 is 0.833 bits per heavy atom. The molecule has 0 fully saturated rings. The first-order valence-corrected chi connectivity index (χ1v) is 0.507.